The van der Waals surface area contributed by atoms with Crippen LogP contribution in [0.1, 0.15) is 16.7 Å². The molecule has 0 atom stereocenters. The third-order valence-corrected chi connectivity index (χ3v) is 11.9. The lowest BCUT2D eigenvalue weighted by Gasteiger charge is -2.18. The first-order chi connectivity index (χ1) is 30.0. The van der Waals surface area contributed by atoms with Gasteiger partial charge in [0.1, 0.15) is 17.0 Å². The molecule has 2 aliphatic rings. The Morgan fingerprint density at radius 3 is 2.30 bits per heavy atom. The van der Waals surface area contributed by atoms with Crippen molar-refractivity contribution in [1.82, 2.24) is 9.47 Å². The van der Waals surface area contributed by atoms with E-state index in [1.165, 1.54) is 38.2 Å². The minimum absolute atomic E-state index is 0.140. The fraction of sp³-hybridized carbons (Fsp3) is 0.0357. The summed E-state index contributed by atoms with van der Waals surface area (Å²) in [5, 5.41) is 18.5. The highest BCUT2D eigenvalue weighted by molar-refractivity contribution is 6.25. The van der Waals surface area contributed by atoms with E-state index in [1.807, 2.05) is 66.7 Å². The quantitative estimate of drug-likeness (QED) is 0.190. The number of hydrogen-bond acceptors (Lipinski definition) is 3. The van der Waals surface area contributed by atoms with E-state index in [0.717, 1.165) is 61.4 Å². The SMILES string of the molecule is C=C1C=CCc2ccc3c(c2)c2c4ccccc4c(-c4ccccc4)cc2n3-c2ccc3oc4cccc(c4c3c2)C(=N)N=C(c2ccc3ccccc3c2)N(C)/C=C\C=C/1. The van der Waals surface area contributed by atoms with Gasteiger partial charge < -0.3 is 13.9 Å². The third-order valence-electron chi connectivity index (χ3n) is 11.9. The Morgan fingerprint density at radius 2 is 1.41 bits per heavy atom. The smallest absolute Gasteiger partial charge is 0.155 e. The number of hydrogen-bond donors (Lipinski definition) is 1. The van der Waals surface area contributed by atoms with Gasteiger partial charge in [-0.1, -0.05) is 140 Å². The summed E-state index contributed by atoms with van der Waals surface area (Å²) >= 11 is 0. The van der Waals surface area contributed by atoms with E-state index >= 15 is 0 Å². The molecule has 10 aromatic rings. The Labute approximate surface area is 353 Å². The number of aliphatic imine (C=N–C) groups is 1. The number of aromatic nitrogens is 1. The van der Waals surface area contributed by atoms with Crippen molar-refractivity contribution in [3.05, 3.63) is 223 Å². The van der Waals surface area contributed by atoms with Gasteiger partial charge in [0.15, 0.2) is 5.84 Å². The summed E-state index contributed by atoms with van der Waals surface area (Å²) in [7, 11) is 1.97. The summed E-state index contributed by atoms with van der Waals surface area (Å²) in [5.41, 5.74) is 10.8. The molecule has 0 radical (unpaired) electrons. The van der Waals surface area contributed by atoms with Crippen molar-refractivity contribution >= 4 is 77.0 Å². The van der Waals surface area contributed by atoms with Gasteiger partial charge in [0.2, 0.25) is 0 Å². The maximum absolute atomic E-state index is 9.66. The van der Waals surface area contributed by atoms with Crippen molar-refractivity contribution < 1.29 is 4.42 Å². The molecule has 0 aliphatic carbocycles. The van der Waals surface area contributed by atoms with Crippen LogP contribution in [0.2, 0.25) is 0 Å². The van der Waals surface area contributed by atoms with E-state index in [2.05, 4.69) is 151 Å². The van der Waals surface area contributed by atoms with Gasteiger partial charge >= 0.3 is 0 Å². The molecule has 2 aromatic heterocycles. The van der Waals surface area contributed by atoms with Gasteiger partial charge in [0, 0.05) is 51.6 Å². The maximum atomic E-state index is 9.66. The summed E-state index contributed by atoms with van der Waals surface area (Å²) in [6, 6.07) is 55.6. The van der Waals surface area contributed by atoms with Crippen LogP contribution in [0.4, 0.5) is 0 Å². The molecular weight excluding hydrogens is 745 g/mol. The lowest BCUT2D eigenvalue weighted by molar-refractivity contribution is 0.669. The predicted molar refractivity (Wildman–Crippen MR) is 256 cm³/mol. The zero-order chi connectivity index (χ0) is 41.0. The van der Waals surface area contributed by atoms with E-state index in [9.17, 15) is 5.41 Å². The summed E-state index contributed by atoms with van der Waals surface area (Å²) in [6.45, 7) is 4.31. The molecule has 1 N–H and O–H groups in total. The fourth-order valence-corrected chi connectivity index (χ4v) is 9.01. The summed E-state index contributed by atoms with van der Waals surface area (Å²) in [4.78, 5) is 7.08. The number of amidine groups is 2. The zero-order valence-electron chi connectivity index (χ0n) is 33.6. The molecule has 0 saturated carbocycles. The summed E-state index contributed by atoms with van der Waals surface area (Å²) in [5.74, 6) is 0.791. The second-order valence-corrected chi connectivity index (χ2v) is 15.7. The summed E-state index contributed by atoms with van der Waals surface area (Å²) in [6.07, 6.45) is 13.0. The van der Waals surface area contributed by atoms with Crippen LogP contribution in [0.5, 0.6) is 0 Å². The lowest BCUT2D eigenvalue weighted by Crippen LogP contribution is -2.23. The summed E-state index contributed by atoms with van der Waals surface area (Å²) < 4.78 is 8.93. The van der Waals surface area contributed by atoms with Gasteiger partial charge in [-0.2, -0.15) is 0 Å². The fourth-order valence-electron chi connectivity index (χ4n) is 9.01. The maximum Gasteiger partial charge on any atom is 0.155 e. The minimum atomic E-state index is 0.140. The largest absolute Gasteiger partial charge is 0.456 e. The Morgan fingerprint density at radius 1 is 0.590 bits per heavy atom. The molecule has 12 rings (SSSR count). The zero-order valence-corrected chi connectivity index (χ0v) is 33.6. The second-order valence-electron chi connectivity index (χ2n) is 15.7. The van der Waals surface area contributed by atoms with E-state index in [1.54, 1.807) is 0 Å². The Hall–Kier alpha value is -8.02. The molecule has 0 spiro atoms. The molecule has 0 fully saturated rings. The minimum Gasteiger partial charge on any atom is -0.456 e. The van der Waals surface area contributed by atoms with E-state index < -0.39 is 0 Å². The highest BCUT2D eigenvalue weighted by Crippen LogP contribution is 2.43. The molecule has 5 heteroatoms. The number of nitrogens with zero attached hydrogens (tertiary/aromatic N) is 3. The third kappa shape index (κ3) is 6.26. The molecule has 2 aliphatic heterocycles. The molecule has 4 heterocycles. The van der Waals surface area contributed by atoms with Crippen LogP contribution in [0.15, 0.2) is 216 Å². The van der Waals surface area contributed by atoms with Crippen molar-refractivity contribution in [2.24, 2.45) is 4.99 Å². The first kappa shape index (κ1) is 36.1. The predicted octanol–water partition coefficient (Wildman–Crippen LogP) is 14.1. The van der Waals surface area contributed by atoms with Gasteiger partial charge in [0.25, 0.3) is 0 Å². The Bertz CT molecular complexity index is 3560. The van der Waals surface area contributed by atoms with Crippen LogP contribution in [0, 0.1) is 5.41 Å². The molecule has 0 saturated heterocycles. The van der Waals surface area contributed by atoms with Crippen molar-refractivity contribution in [3.8, 4) is 16.8 Å². The van der Waals surface area contributed by atoms with Gasteiger partial charge in [-0.25, -0.2) is 4.99 Å². The standard InChI is InChI=1S/C56H40N4O/c1-36-14-10-11-31-59(2)56(41-27-26-38-17-6-7-20-40(38)33-41)58-55(57)45-23-13-24-52-54(45)48-34-42(28-30-51(48)61-52)60-49-29-25-37(16-12-15-36)32-47(49)53-44-22-9-8-21-43(44)46(35-50(53)60)39-18-4-3-5-19-39/h3-15,17-35,57H,1,16H2,2H3/b14-10-,15-12?,31-11-,57-55?,58-56?. The van der Waals surface area contributed by atoms with Crippen molar-refractivity contribution in [2.45, 2.75) is 6.42 Å². The number of allylic oxidation sites excluding steroid dienone is 6. The van der Waals surface area contributed by atoms with Crippen LogP contribution in [-0.4, -0.2) is 28.2 Å². The van der Waals surface area contributed by atoms with Crippen LogP contribution in [0.25, 0.3) is 82.1 Å². The van der Waals surface area contributed by atoms with E-state index in [0.29, 0.717) is 17.0 Å². The molecule has 0 unspecified atom stereocenters. The van der Waals surface area contributed by atoms with Gasteiger partial charge in [-0.05, 0) is 105 Å². The molecule has 290 valence electrons. The Kier molecular flexibility index (Phi) is 8.68. The van der Waals surface area contributed by atoms with Crippen molar-refractivity contribution in [1.29, 1.82) is 5.41 Å². The first-order valence-electron chi connectivity index (χ1n) is 20.6. The van der Waals surface area contributed by atoms with Gasteiger partial charge in [-0.15, -0.1) is 0 Å². The van der Waals surface area contributed by atoms with Crippen LogP contribution in [-0.2, 0) is 6.42 Å². The van der Waals surface area contributed by atoms with Crippen molar-refractivity contribution in [2.75, 3.05) is 7.05 Å². The van der Waals surface area contributed by atoms with Crippen LogP contribution in [0.3, 0.4) is 0 Å². The highest BCUT2D eigenvalue weighted by atomic mass is 16.3. The van der Waals surface area contributed by atoms with Gasteiger partial charge in [-0.3, -0.25) is 5.41 Å². The number of benzene rings is 8. The molecule has 5 nitrogen and oxygen atoms in total. The van der Waals surface area contributed by atoms with Crippen LogP contribution < -0.4 is 0 Å². The first-order valence-corrected chi connectivity index (χ1v) is 20.6. The van der Waals surface area contributed by atoms with E-state index in [-0.39, 0.29) is 5.84 Å². The molecule has 6 bridgehead atoms. The average molecular weight is 785 g/mol. The highest BCUT2D eigenvalue weighted by Gasteiger charge is 2.21. The van der Waals surface area contributed by atoms with Crippen molar-refractivity contribution in [3.63, 3.8) is 0 Å². The average Bonchev–Trinajstić information content (AvgIpc) is 3.84. The molecular formula is C56H40N4O. The normalized spacial score (nSPS) is 14.9. The van der Waals surface area contributed by atoms with Crippen LogP contribution >= 0.6 is 0 Å². The number of furan rings is 1. The number of fused-ring (bicyclic) bond motifs is 12. The number of nitrogens with one attached hydrogen (secondary N) is 1. The Balaban J connectivity index is 1.19. The number of rotatable bonds is 2. The molecule has 0 amide bonds. The monoisotopic (exact) mass is 784 g/mol. The molecule has 61 heavy (non-hydrogen) atoms. The van der Waals surface area contributed by atoms with Gasteiger partial charge in [0.05, 0.1) is 11.0 Å². The second kappa shape index (κ2) is 14.7. The lowest BCUT2D eigenvalue weighted by atomic mass is 9.94. The topological polar surface area (TPSA) is 57.5 Å². The molecule has 8 aromatic carbocycles. The van der Waals surface area contributed by atoms with E-state index in [4.69, 9.17) is 9.41 Å².